The number of carbonyl (C=O) groups excluding carboxylic acids is 1. The van der Waals surface area contributed by atoms with Gasteiger partial charge in [-0.15, -0.1) is 0 Å². The zero-order chi connectivity index (χ0) is 7.56. The van der Waals surface area contributed by atoms with Crippen molar-refractivity contribution in [2.45, 2.75) is 0 Å². The van der Waals surface area contributed by atoms with E-state index < -0.39 is 5.97 Å². The lowest BCUT2D eigenvalue weighted by Gasteiger charge is -1.83. The Morgan fingerprint density at radius 3 is 2.90 bits per heavy atom. The molecule has 0 bridgehead atoms. The highest BCUT2D eigenvalue weighted by Gasteiger charge is 2.10. The molecule has 4 nitrogen and oxygen atoms in total. The molecule has 0 aliphatic heterocycles. The largest absolute Gasteiger partial charge is 0.478 e. The molecule has 1 rings (SSSR count). The van der Waals surface area contributed by atoms with Gasteiger partial charge in [-0.2, -0.15) is 4.37 Å². The fraction of sp³-hybridized carbons (Fsp3) is 0. The van der Waals surface area contributed by atoms with Crippen LogP contribution in [0, 0.1) is 0 Å². The van der Waals surface area contributed by atoms with E-state index in [1.54, 1.807) is 0 Å². The minimum atomic E-state index is -1.11. The summed E-state index contributed by atoms with van der Waals surface area (Å²) in [6.07, 6.45) is 1.65. The van der Waals surface area contributed by atoms with Gasteiger partial charge < -0.3 is 5.11 Å². The number of rotatable bonds is 2. The first-order valence-corrected chi connectivity index (χ1v) is 3.16. The van der Waals surface area contributed by atoms with E-state index in [-0.39, 0.29) is 10.4 Å². The summed E-state index contributed by atoms with van der Waals surface area (Å²) >= 11 is 0.879. The summed E-state index contributed by atoms with van der Waals surface area (Å²) < 4.78 is 3.54. The van der Waals surface area contributed by atoms with E-state index in [4.69, 9.17) is 5.11 Å². The molecule has 1 aromatic heterocycles. The molecular weight excluding hydrogens is 154 g/mol. The molecule has 1 N–H and O–H groups in total. The molecule has 0 aromatic carbocycles. The number of aromatic nitrogens is 1. The second kappa shape index (κ2) is 2.57. The molecule has 0 aliphatic carbocycles. The third-order valence-corrected chi connectivity index (χ3v) is 1.66. The highest BCUT2D eigenvalue weighted by Crippen LogP contribution is 2.09. The second-order valence-electron chi connectivity index (χ2n) is 1.53. The highest BCUT2D eigenvalue weighted by atomic mass is 32.1. The lowest BCUT2D eigenvalue weighted by atomic mass is 10.3. The number of carboxylic acid groups (broad SMARTS) is 1. The summed E-state index contributed by atoms with van der Waals surface area (Å²) in [6, 6.07) is 0. The van der Waals surface area contributed by atoms with Crippen LogP contribution in [0.25, 0.3) is 0 Å². The van der Waals surface area contributed by atoms with E-state index in [0.717, 1.165) is 17.7 Å². The molecule has 0 atom stereocenters. The minimum absolute atomic E-state index is 0.0278. The molecule has 0 saturated carbocycles. The van der Waals surface area contributed by atoms with Crippen LogP contribution in [0.4, 0.5) is 0 Å². The molecule has 0 spiro atoms. The first-order valence-electron chi connectivity index (χ1n) is 2.39. The molecule has 10 heavy (non-hydrogen) atoms. The molecule has 0 saturated heterocycles. The highest BCUT2D eigenvalue weighted by molar-refractivity contribution is 7.08. The zero-order valence-electron chi connectivity index (χ0n) is 4.77. The van der Waals surface area contributed by atoms with E-state index in [1.807, 2.05) is 0 Å². The molecule has 52 valence electrons. The van der Waals surface area contributed by atoms with Crippen molar-refractivity contribution in [1.82, 2.24) is 4.37 Å². The van der Waals surface area contributed by atoms with Gasteiger partial charge in [-0.3, -0.25) is 4.79 Å². The van der Waals surface area contributed by atoms with Gasteiger partial charge in [-0.25, -0.2) is 4.79 Å². The minimum Gasteiger partial charge on any atom is -0.478 e. The van der Waals surface area contributed by atoms with Crippen molar-refractivity contribution >= 4 is 23.8 Å². The molecule has 0 fully saturated rings. The molecule has 0 aliphatic rings. The van der Waals surface area contributed by atoms with Crippen LogP contribution in [-0.2, 0) is 0 Å². The predicted molar refractivity (Wildman–Crippen MR) is 34.5 cm³/mol. The normalized spacial score (nSPS) is 9.20. The van der Waals surface area contributed by atoms with E-state index in [0.29, 0.717) is 6.29 Å². The Morgan fingerprint density at radius 1 is 1.80 bits per heavy atom. The fourth-order valence-corrected chi connectivity index (χ4v) is 1.05. The van der Waals surface area contributed by atoms with Gasteiger partial charge in [0.25, 0.3) is 0 Å². The van der Waals surface area contributed by atoms with Gasteiger partial charge >= 0.3 is 5.97 Å². The molecule has 5 heteroatoms. The summed E-state index contributed by atoms with van der Waals surface area (Å²) in [5.74, 6) is -1.11. The lowest BCUT2D eigenvalue weighted by molar-refractivity contribution is 0.0694. The van der Waals surface area contributed by atoms with Gasteiger partial charge in [0.1, 0.15) is 10.4 Å². The van der Waals surface area contributed by atoms with Crippen LogP contribution in [0.3, 0.4) is 0 Å². The van der Waals surface area contributed by atoms with Crippen LogP contribution in [0.15, 0.2) is 6.20 Å². The van der Waals surface area contributed by atoms with Crippen molar-refractivity contribution in [3.05, 3.63) is 16.6 Å². The molecule has 1 aromatic rings. The smallest absolute Gasteiger partial charge is 0.338 e. The SMILES string of the molecule is O=Cc1sncc1C(=O)O. The molecule has 0 radical (unpaired) electrons. The predicted octanol–water partition coefficient (Wildman–Crippen LogP) is 0.654. The summed E-state index contributed by atoms with van der Waals surface area (Å²) in [4.78, 5) is 20.5. The van der Waals surface area contributed by atoms with Crippen LogP contribution in [-0.4, -0.2) is 21.7 Å². The maximum Gasteiger partial charge on any atom is 0.338 e. The van der Waals surface area contributed by atoms with Crippen LogP contribution < -0.4 is 0 Å². The van der Waals surface area contributed by atoms with Gasteiger partial charge in [-0.1, -0.05) is 0 Å². The number of aromatic carboxylic acids is 1. The van der Waals surface area contributed by atoms with Gasteiger partial charge in [-0.05, 0) is 11.5 Å². The quantitative estimate of drug-likeness (QED) is 0.640. The van der Waals surface area contributed by atoms with E-state index in [2.05, 4.69) is 4.37 Å². The number of hydrogen-bond acceptors (Lipinski definition) is 4. The summed E-state index contributed by atoms with van der Waals surface area (Å²) in [5.41, 5.74) is -0.0278. The van der Waals surface area contributed by atoms with Gasteiger partial charge in [0.2, 0.25) is 0 Å². The van der Waals surface area contributed by atoms with Crippen molar-refractivity contribution in [3.63, 3.8) is 0 Å². The number of hydrogen-bond donors (Lipinski definition) is 1. The first-order chi connectivity index (χ1) is 4.75. The lowest BCUT2D eigenvalue weighted by Crippen LogP contribution is -1.96. The molecule has 1 heterocycles. The van der Waals surface area contributed by atoms with Crippen LogP contribution >= 0.6 is 11.5 Å². The number of nitrogens with zero attached hydrogens (tertiary/aromatic N) is 1. The van der Waals surface area contributed by atoms with E-state index >= 15 is 0 Å². The molecular formula is C5H3NO3S. The number of carbonyl (C=O) groups is 2. The van der Waals surface area contributed by atoms with Gasteiger partial charge in [0.15, 0.2) is 6.29 Å². The Kier molecular flexibility index (Phi) is 1.77. The van der Waals surface area contributed by atoms with Crippen LogP contribution in [0.2, 0.25) is 0 Å². The maximum atomic E-state index is 10.2. The number of aldehydes is 1. The molecule has 0 unspecified atom stereocenters. The number of carboxylic acids is 1. The zero-order valence-corrected chi connectivity index (χ0v) is 5.59. The van der Waals surface area contributed by atoms with Gasteiger partial charge in [0, 0.05) is 0 Å². The van der Waals surface area contributed by atoms with E-state index in [9.17, 15) is 9.59 Å². The topological polar surface area (TPSA) is 67.3 Å². The monoisotopic (exact) mass is 157 g/mol. The Morgan fingerprint density at radius 2 is 2.50 bits per heavy atom. The summed E-state index contributed by atoms with van der Waals surface area (Å²) in [6.45, 7) is 0. The second-order valence-corrected chi connectivity index (χ2v) is 2.36. The Balaban J connectivity index is 3.13. The van der Waals surface area contributed by atoms with Crippen LogP contribution in [0.1, 0.15) is 20.0 Å². The van der Waals surface area contributed by atoms with Crippen molar-refractivity contribution < 1.29 is 14.7 Å². The molecule has 0 amide bonds. The average Bonchev–Trinajstić information content (AvgIpc) is 2.33. The summed E-state index contributed by atoms with van der Waals surface area (Å²) in [7, 11) is 0. The van der Waals surface area contributed by atoms with E-state index in [1.165, 1.54) is 0 Å². The fourth-order valence-electron chi connectivity index (χ4n) is 0.494. The average molecular weight is 157 g/mol. The third kappa shape index (κ3) is 1.03. The van der Waals surface area contributed by atoms with Crippen molar-refractivity contribution in [2.75, 3.05) is 0 Å². The van der Waals surface area contributed by atoms with Crippen molar-refractivity contribution in [1.29, 1.82) is 0 Å². The van der Waals surface area contributed by atoms with Crippen molar-refractivity contribution in [2.24, 2.45) is 0 Å². The Hall–Kier alpha value is -1.23. The summed E-state index contributed by atoms with van der Waals surface area (Å²) in [5, 5.41) is 8.39. The van der Waals surface area contributed by atoms with Crippen LogP contribution in [0.5, 0.6) is 0 Å². The maximum absolute atomic E-state index is 10.2. The third-order valence-electron chi connectivity index (χ3n) is 0.936. The van der Waals surface area contributed by atoms with Crippen molar-refractivity contribution in [3.8, 4) is 0 Å². The first kappa shape index (κ1) is 6.88. The Bertz CT molecular complexity index is 268. The Labute approximate surface area is 60.3 Å². The van der Waals surface area contributed by atoms with Gasteiger partial charge in [0.05, 0.1) is 6.20 Å². The standard InChI is InChI=1S/C5H3NO3S/c7-2-4-3(5(8)9)1-6-10-4/h1-2H,(H,8,9).